The molecule has 0 spiro atoms. The van der Waals surface area contributed by atoms with Crippen molar-refractivity contribution in [3.63, 3.8) is 0 Å². The maximum atomic E-state index is 13.1. The smallest absolute Gasteiger partial charge is 0.123 e. The minimum atomic E-state index is -0.274. The molecule has 3 rings (SSSR count). The van der Waals surface area contributed by atoms with Gasteiger partial charge in [-0.15, -0.1) is 0 Å². The van der Waals surface area contributed by atoms with Crippen LogP contribution in [0.3, 0.4) is 0 Å². The van der Waals surface area contributed by atoms with E-state index in [-0.39, 0.29) is 5.82 Å². The third kappa shape index (κ3) is 4.06. The van der Waals surface area contributed by atoms with Gasteiger partial charge >= 0.3 is 0 Å². The van der Waals surface area contributed by atoms with Crippen molar-refractivity contribution in [2.45, 2.75) is 19.4 Å². The van der Waals surface area contributed by atoms with E-state index in [1.165, 1.54) is 25.0 Å². The number of hydrogen-bond donors (Lipinski definition) is 2. The van der Waals surface area contributed by atoms with E-state index in [4.69, 9.17) is 11.5 Å². The first-order chi connectivity index (χ1) is 11.7. The van der Waals surface area contributed by atoms with Crippen LogP contribution in [0.1, 0.15) is 24.1 Å². The Morgan fingerprint density at radius 2 is 1.96 bits per heavy atom. The van der Waals surface area contributed by atoms with Crippen molar-refractivity contribution in [1.29, 1.82) is 0 Å². The number of halogens is 1. The van der Waals surface area contributed by atoms with Crippen LogP contribution in [-0.4, -0.2) is 17.7 Å². The van der Waals surface area contributed by atoms with Crippen LogP contribution in [0.5, 0.6) is 0 Å². The van der Waals surface area contributed by atoms with Crippen LogP contribution in [0.25, 0.3) is 17.0 Å². The van der Waals surface area contributed by atoms with E-state index < -0.39 is 0 Å². The van der Waals surface area contributed by atoms with Crippen molar-refractivity contribution in [1.82, 2.24) is 4.98 Å². The number of benzene rings is 1. The lowest BCUT2D eigenvalue weighted by molar-refractivity contribution is 0.628. The molecule has 1 aliphatic rings. The summed E-state index contributed by atoms with van der Waals surface area (Å²) in [6, 6.07) is 9.99. The summed E-state index contributed by atoms with van der Waals surface area (Å²) in [5.41, 5.74) is 15.6. The van der Waals surface area contributed by atoms with Gasteiger partial charge in [0, 0.05) is 24.9 Å². The lowest BCUT2D eigenvalue weighted by atomic mass is 10.1. The molecule has 0 amide bonds. The summed E-state index contributed by atoms with van der Waals surface area (Å²) < 4.78 is 13.1. The van der Waals surface area contributed by atoms with Gasteiger partial charge in [0.1, 0.15) is 5.82 Å². The quantitative estimate of drug-likeness (QED) is 0.801. The van der Waals surface area contributed by atoms with Gasteiger partial charge in [-0.25, -0.2) is 9.37 Å². The monoisotopic (exact) mass is 324 g/mol. The van der Waals surface area contributed by atoms with Crippen molar-refractivity contribution in [2.75, 3.05) is 6.54 Å². The zero-order chi connectivity index (χ0) is 16.9. The molecule has 1 aliphatic carbocycles. The molecule has 0 radical (unpaired) electrons. The van der Waals surface area contributed by atoms with Crippen molar-refractivity contribution in [3.05, 3.63) is 59.5 Å². The standard InChI is InChI=1S/C19H21FN4/c20-16-6-3-14(4-7-16)18-8-5-15(11-21)19(24-18)17(22)9-10-23-12-13-1-2-13/h3-10,13H,1-2,11-12,21-22H2. The molecule has 0 bridgehead atoms. The van der Waals surface area contributed by atoms with E-state index >= 15 is 0 Å². The highest BCUT2D eigenvalue weighted by atomic mass is 19.1. The molecule has 1 heterocycles. The zero-order valence-electron chi connectivity index (χ0n) is 13.5. The predicted molar refractivity (Wildman–Crippen MR) is 95.8 cm³/mol. The van der Waals surface area contributed by atoms with Crippen molar-refractivity contribution in [3.8, 4) is 11.3 Å². The number of aromatic nitrogens is 1. The summed E-state index contributed by atoms with van der Waals surface area (Å²) in [6.07, 6.45) is 6.04. The van der Waals surface area contributed by atoms with Crippen LogP contribution < -0.4 is 11.5 Å². The lowest BCUT2D eigenvalue weighted by Gasteiger charge is -2.10. The van der Waals surface area contributed by atoms with Crippen molar-refractivity contribution < 1.29 is 4.39 Å². The Morgan fingerprint density at radius 1 is 1.21 bits per heavy atom. The molecule has 5 heteroatoms. The van der Waals surface area contributed by atoms with Gasteiger partial charge in [-0.1, -0.05) is 6.07 Å². The molecule has 1 saturated carbocycles. The van der Waals surface area contributed by atoms with Crippen LogP contribution in [0, 0.1) is 11.7 Å². The molecule has 4 N–H and O–H groups in total. The molecular weight excluding hydrogens is 303 g/mol. The second kappa shape index (κ2) is 7.36. The molecule has 0 aliphatic heterocycles. The molecule has 2 aromatic rings. The molecule has 0 saturated heterocycles. The summed E-state index contributed by atoms with van der Waals surface area (Å²) in [6.45, 7) is 1.20. The van der Waals surface area contributed by atoms with Crippen molar-refractivity contribution >= 4 is 11.9 Å². The Bertz CT molecular complexity index is 761. The highest BCUT2D eigenvalue weighted by Crippen LogP contribution is 2.28. The summed E-state index contributed by atoms with van der Waals surface area (Å²) in [5, 5.41) is 0. The zero-order valence-corrected chi connectivity index (χ0v) is 13.5. The highest BCUT2D eigenvalue weighted by molar-refractivity contribution is 5.83. The average molecular weight is 324 g/mol. The molecule has 1 aromatic carbocycles. The highest BCUT2D eigenvalue weighted by Gasteiger charge is 2.19. The van der Waals surface area contributed by atoms with E-state index in [0.717, 1.165) is 29.3 Å². The number of rotatable bonds is 6. The third-order valence-corrected chi connectivity index (χ3v) is 4.03. The van der Waals surface area contributed by atoms with E-state index in [9.17, 15) is 4.39 Å². The van der Waals surface area contributed by atoms with Crippen LogP contribution in [0.15, 0.2) is 47.5 Å². The third-order valence-electron chi connectivity index (χ3n) is 4.03. The van der Waals surface area contributed by atoms with E-state index in [2.05, 4.69) is 9.98 Å². The average Bonchev–Trinajstić information content (AvgIpc) is 3.43. The first kappa shape index (κ1) is 16.3. The van der Waals surface area contributed by atoms with Crippen LogP contribution in [0.4, 0.5) is 4.39 Å². The topological polar surface area (TPSA) is 77.3 Å². The van der Waals surface area contributed by atoms with Gasteiger partial charge in [-0.05, 0) is 60.7 Å². The van der Waals surface area contributed by atoms with Gasteiger partial charge in [0.05, 0.1) is 17.1 Å². The minimum absolute atomic E-state index is 0.274. The van der Waals surface area contributed by atoms with E-state index in [1.807, 2.05) is 12.1 Å². The Labute approximate surface area is 141 Å². The summed E-state index contributed by atoms with van der Waals surface area (Å²) in [4.78, 5) is 8.97. The molecule has 0 atom stereocenters. The molecule has 1 fully saturated rings. The maximum absolute atomic E-state index is 13.1. The fourth-order valence-electron chi connectivity index (χ4n) is 2.41. The van der Waals surface area contributed by atoms with Crippen LogP contribution in [0.2, 0.25) is 0 Å². The van der Waals surface area contributed by atoms with Crippen LogP contribution in [-0.2, 0) is 6.54 Å². The van der Waals surface area contributed by atoms with Gasteiger partial charge in [0.2, 0.25) is 0 Å². The first-order valence-corrected chi connectivity index (χ1v) is 8.09. The Morgan fingerprint density at radius 3 is 2.62 bits per heavy atom. The summed E-state index contributed by atoms with van der Waals surface area (Å²) >= 11 is 0. The number of aliphatic imine (C=N–C) groups is 1. The van der Waals surface area contributed by atoms with Crippen LogP contribution >= 0.6 is 0 Å². The van der Waals surface area contributed by atoms with Gasteiger partial charge in [0.15, 0.2) is 0 Å². The SMILES string of the molecule is NCc1ccc(-c2ccc(F)cc2)nc1C(N)=CC=NCC1CC1. The van der Waals surface area contributed by atoms with E-state index in [0.29, 0.717) is 17.9 Å². The molecular formula is C19H21FN4. The van der Waals surface area contributed by atoms with Crippen molar-refractivity contribution in [2.24, 2.45) is 22.4 Å². The number of nitrogens with two attached hydrogens (primary N) is 2. The fourth-order valence-corrected chi connectivity index (χ4v) is 2.41. The predicted octanol–water partition coefficient (Wildman–Crippen LogP) is 3.13. The Balaban J connectivity index is 1.86. The number of nitrogens with zero attached hydrogens (tertiary/aromatic N) is 2. The summed E-state index contributed by atoms with van der Waals surface area (Å²) in [7, 11) is 0. The van der Waals surface area contributed by atoms with Gasteiger partial charge < -0.3 is 11.5 Å². The largest absolute Gasteiger partial charge is 0.397 e. The summed E-state index contributed by atoms with van der Waals surface area (Å²) in [5.74, 6) is 0.472. The minimum Gasteiger partial charge on any atom is -0.397 e. The Kier molecular flexibility index (Phi) is 5.01. The number of allylic oxidation sites excluding steroid dienone is 1. The fraction of sp³-hybridized carbons (Fsp3) is 0.263. The molecule has 0 unspecified atom stereocenters. The molecule has 1 aromatic heterocycles. The number of hydrogen-bond acceptors (Lipinski definition) is 4. The number of pyridine rings is 1. The second-order valence-electron chi connectivity index (χ2n) is 5.99. The molecule has 124 valence electrons. The molecule has 4 nitrogen and oxygen atoms in total. The molecule has 24 heavy (non-hydrogen) atoms. The maximum Gasteiger partial charge on any atom is 0.123 e. The van der Waals surface area contributed by atoms with Gasteiger partial charge in [-0.3, -0.25) is 4.99 Å². The Hall–Kier alpha value is -2.53. The second-order valence-corrected chi connectivity index (χ2v) is 5.99. The first-order valence-electron chi connectivity index (χ1n) is 8.09. The normalized spacial score (nSPS) is 15.2. The van der Waals surface area contributed by atoms with E-state index in [1.54, 1.807) is 24.4 Å². The van der Waals surface area contributed by atoms with Gasteiger partial charge in [-0.2, -0.15) is 0 Å². The lowest BCUT2D eigenvalue weighted by Crippen LogP contribution is -2.08. The van der Waals surface area contributed by atoms with Gasteiger partial charge in [0.25, 0.3) is 0 Å².